The highest BCUT2D eigenvalue weighted by atomic mass is 19.1. The van der Waals surface area contributed by atoms with E-state index in [1.807, 2.05) is 25.2 Å². The van der Waals surface area contributed by atoms with Gasteiger partial charge in [0.05, 0.1) is 29.6 Å². The van der Waals surface area contributed by atoms with E-state index in [2.05, 4.69) is 48.8 Å². The SMILES string of the molecule is CN(Cc1cc(F)c2c(c1)C(=O)N(C1CCC(=O)NC1=O)C2=O)C1CCN(c2ccc(Nc3cc(-c4ccnc(N5CCn6c(cc7c6CC(C)(C)C7)C5=O)c4CO)cn(C)c3=O)nc2)CC1. The number of hydrogen-bond donors (Lipinski definition) is 3. The van der Waals surface area contributed by atoms with Crippen molar-refractivity contribution < 1.29 is 33.5 Å². The van der Waals surface area contributed by atoms with E-state index in [1.54, 1.807) is 42.7 Å². The second-order valence-electron chi connectivity index (χ2n) is 19.1. The van der Waals surface area contributed by atoms with E-state index in [-0.39, 0.29) is 59.2 Å². The first kappa shape index (κ1) is 43.8. The Morgan fingerprint density at radius 3 is 2.43 bits per heavy atom. The van der Waals surface area contributed by atoms with Crippen molar-refractivity contribution in [1.29, 1.82) is 0 Å². The highest BCUT2D eigenvalue weighted by molar-refractivity contribution is 6.23. The van der Waals surface area contributed by atoms with Crippen LogP contribution in [0.2, 0.25) is 0 Å². The average molecular weight is 911 g/mol. The van der Waals surface area contributed by atoms with Gasteiger partial charge in [-0.1, -0.05) is 13.8 Å². The largest absolute Gasteiger partial charge is 0.392 e. The van der Waals surface area contributed by atoms with Gasteiger partial charge in [0.1, 0.15) is 34.9 Å². The van der Waals surface area contributed by atoms with Crippen LogP contribution < -0.4 is 26.0 Å². The van der Waals surface area contributed by atoms with E-state index in [9.17, 15) is 33.9 Å². The van der Waals surface area contributed by atoms with Crippen molar-refractivity contribution >= 4 is 52.5 Å². The lowest BCUT2D eigenvalue weighted by atomic mass is 9.90. The highest BCUT2D eigenvalue weighted by Gasteiger charge is 2.46. The third kappa shape index (κ3) is 7.76. The second kappa shape index (κ2) is 16.7. The van der Waals surface area contributed by atoms with Gasteiger partial charge in [-0.05, 0) is 104 Å². The smallest absolute Gasteiger partial charge is 0.276 e. The van der Waals surface area contributed by atoms with Crippen LogP contribution in [0.3, 0.4) is 0 Å². The highest BCUT2D eigenvalue weighted by Crippen LogP contribution is 2.40. The number of fused-ring (bicyclic) bond motifs is 4. The monoisotopic (exact) mass is 910 g/mol. The number of piperidine rings is 2. The van der Waals surface area contributed by atoms with E-state index >= 15 is 4.39 Å². The first-order valence-electron chi connectivity index (χ1n) is 22.6. The van der Waals surface area contributed by atoms with Crippen molar-refractivity contribution in [3.8, 4) is 11.1 Å². The molecule has 1 unspecified atom stereocenters. The van der Waals surface area contributed by atoms with Crippen LogP contribution in [-0.4, -0.2) is 102 Å². The van der Waals surface area contributed by atoms with Crippen molar-refractivity contribution in [2.45, 2.75) is 84.2 Å². The molecule has 5 aromatic rings. The number of aliphatic hydroxyl groups excluding tert-OH is 1. The molecular formula is C49H51FN10O7. The van der Waals surface area contributed by atoms with Crippen LogP contribution in [0.5, 0.6) is 0 Å². The van der Waals surface area contributed by atoms with Gasteiger partial charge in [0, 0.05) is 81.4 Å². The Kier molecular flexibility index (Phi) is 10.9. The first-order chi connectivity index (χ1) is 32.1. The summed E-state index contributed by atoms with van der Waals surface area (Å²) in [6.45, 7) is 6.93. The van der Waals surface area contributed by atoms with Crippen LogP contribution in [0.25, 0.3) is 11.1 Å². The number of aromatic nitrogens is 4. The first-order valence-corrected chi connectivity index (χ1v) is 22.6. The molecule has 10 rings (SSSR count). The van der Waals surface area contributed by atoms with Gasteiger partial charge in [-0.15, -0.1) is 0 Å². The van der Waals surface area contributed by atoms with Crippen molar-refractivity contribution in [3.05, 3.63) is 116 Å². The number of rotatable bonds is 10. The van der Waals surface area contributed by atoms with Gasteiger partial charge in [0.15, 0.2) is 0 Å². The molecule has 5 amide bonds. The number of hydrogen-bond acceptors (Lipinski definition) is 12. The maximum atomic E-state index is 15.4. The molecule has 0 saturated carbocycles. The summed E-state index contributed by atoms with van der Waals surface area (Å²) in [6, 6.07) is 11.0. The molecule has 2 fully saturated rings. The predicted octanol–water partition coefficient (Wildman–Crippen LogP) is 4.31. The number of nitrogens with one attached hydrogen (secondary N) is 2. The number of pyridine rings is 3. The number of halogens is 1. The molecule has 17 nitrogen and oxygen atoms in total. The quantitative estimate of drug-likeness (QED) is 0.169. The van der Waals surface area contributed by atoms with Crippen LogP contribution in [0, 0.1) is 11.2 Å². The Labute approximate surface area is 385 Å². The average Bonchev–Trinajstić information content (AvgIpc) is 3.89. The van der Waals surface area contributed by atoms with Crippen LogP contribution in [-0.2, 0) is 49.2 Å². The number of carbonyl (C=O) groups excluding carboxylic acids is 5. The van der Waals surface area contributed by atoms with Gasteiger partial charge in [0.2, 0.25) is 11.8 Å². The van der Waals surface area contributed by atoms with Crippen molar-refractivity contribution in [3.63, 3.8) is 0 Å². The van der Waals surface area contributed by atoms with Crippen molar-refractivity contribution in [2.75, 3.05) is 41.8 Å². The molecule has 67 heavy (non-hydrogen) atoms. The Balaban J connectivity index is 0.785. The Bertz CT molecular complexity index is 2970. The Morgan fingerprint density at radius 1 is 0.910 bits per heavy atom. The minimum absolute atomic E-state index is 0.0109. The molecule has 0 bridgehead atoms. The molecule has 8 heterocycles. The van der Waals surface area contributed by atoms with Crippen molar-refractivity contribution in [1.82, 2.24) is 34.2 Å². The number of carbonyl (C=O) groups is 5. The number of benzene rings is 1. The molecule has 4 aliphatic heterocycles. The van der Waals surface area contributed by atoms with Crippen LogP contribution in [0.4, 0.5) is 27.4 Å². The topological polar surface area (TPSA) is 195 Å². The third-order valence-corrected chi connectivity index (χ3v) is 14.0. The normalized spacial score (nSPS) is 19.3. The summed E-state index contributed by atoms with van der Waals surface area (Å²) in [7, 11) is 3.59. The lowest BCUT2D eigenvalue weighted by Gasteiger charge is -2.37. The van der Waals surface area contributed by atoms with E-state index < -0.39 is 35.5 Å². The van der Waals surface area contributed by atoms with Crippen LogP contribution >= 0.6 is 0 Å². The molecule has 1 aliphatic carbocycles. The molecule has 5 aliphatic rings. The summed E-state index contributed by atoms with van der Waals surface area (Å²) < 4.78 is 19.0. The zero-order chi connectivity index (χ0) is 47.1. The zero-order valence-corrected chi connectivity index (χ0v) is 37.8. The minimum atomic E-state index is -1.17. The fraction of sp³-hybridized carbons (Fsp3) is 0.388. The van der Waals surface area contributed by atoms with Gasteiger partial charge in [-0.2, -0.15) is 0 Å². The zero-order valence-electron chi connectivity index (χ0n) is 37.8. The number of amides is 5. The van der Waals surface area contributed by atoms with Gasteiger partial charge in [-0.25, -0.2) is 14.4 Å². The Hall–Kier alpha value is -7.05. The summed E-state index contributed by atoms with van der Waals surface area (Å²) in [5.41, 5.74) is 6.02. The lowest BCUT2D eigenvalue weighted by molar-refractivity contribution is -0.136. The molecule has 0 radical (unpaired) electrons. The lowest BCUT2D eigenvalue weighted by Crippen LogP contribution is -2.54. The molecule has 0 spiro atoms. The molecule has 1 aromatic carbocycles. The maximum absolute atomic E-state index is 15.4. The van der Waals surface area contributed by atoms with Gasteiger partial charge >= 0.3 is 0 Å². The second-order valence-corrected chi connectivity index (χ2v) is 19.1. The fourth-order valence-electron chi connectivity index (χ4n) is 10.7. The molecule has 3 N–H and O–H groups in total. The van der Waals surface area contributed by atoms with Gasteiger partial charge in [0.25, 0.3) is 23.3 Å². The third-order valence-electron chi connectivity index (χ3n) is 14.0. The molecule has 4 aromatic heterocycles. The molecular weight excluding hydrogens is 860 g/mol. The van der Waals surface area contributed by atoms with E-state index in [0.29, 0.717) is 59.2 Å². The fourth-order valence-corrected chi connectivity index (χ4v) is 10.7. The summed E-state index contributed by atoms with van der Waals surface area (Å²) in [5, 5.41) is 16.1. The molecule has 2 saturated heterocycles. The number of imide groups is 2. The summed E-state index contributed by atoms with van der Waals surface area (Å²) >= 11 is 0. The standard InChI is InChI=1S/C49H51FN10O7/c1-49(2)21-28-20-38-47(66)59(16-15-58(38)39(28)22-49)43-34(26-61)32(9-12-51-43)29-19-36(46(65)56(4)25-29)53-40-7-5-31(23-52-40)57-13-10-30(11-14-57)55(3)24-27-17-33-42(35(50)18-27)48(67)60(45(33)64)37-6-8-41(62)54-44(37)63/h5,7,9,12,17-20,23,25,30,37,61H,6,8,10-11,13-16,21-22,24,26H2,1-4H3,(H,52,53)(H,54,62,63). The maximum Gasteiger partial charge on any atom is 0.276 e. The minimum Gasteiger partial charge on any atom is -0.392 e. The van der Waals surface area contributed by atoms with Crippen LogP contribution in [0.15, 0.2) is 65.8 Å². The summed E-state index contributed by atoms with van der Waals surface area (Å²) in [4.78, 5) is 94.0. The Morgan fingerprint density at radius 2 is 1.70 bits per heavy atom. The van der Waals surface area contributed by atoms with E-state index in [0.717, 1.165) is 49.4 Å². The molecule has 346 valence electrons. The number of aliphatic hydroxyl groups is 1. The summed E-state index contributed by atoms with van der Waals surface area (Å²) in [5.74, 6) is -2.98. The van der Waals surface area contributed by atoms with Gasteiger partial charge in [-0.3, -0.25) is 48.8 Å². The van der Waals surface area contributed by atoms with Gasteiger partial charge < -0.3 is 24.5 Å². The van der Waals surface area contributed by atoms with Crippen molar-refractivity contribution in [2.24, 2.45) is 12.5 Å². The molecule has 18 heteroatoms. The van der Waals surface area contributed by atoms with Crippen LogP contribution in [0.1, 0.15) is 93.1 Å². The molecule has 1 atom stereocenters. The predicted molar refractivity (Wildman–Crippen MR) is 245 cm³/mol. The number of aryl methyl sites for hydroxylation is 1. The van der Waals surface area contributed by atoms with E-state index in [4.69, 9.17) is 0 Å². The summed E-state index contributed by atoms with van der Waals surface area (Å²) in [6.07, 6.45) is 8.47. The number of nitrogens with zero attached hydrogens (tertiary/aromatic N) is 8. The van der Waals surface area contributed by atoms with E-state index in [1.165, 1.54) is 28.0 Å². The number of anilines is 4.